The van der Waals surface area contributed by atoms with Crippen molar-refractivity contribution in [1.82, 2.24) is 0 Å². The maximum absolute atomic E-state index is 12.5. The van der Waals surface area contributed by atoms with Crippen LogP contribution in [0, 0.1) is 23.7 Å². The fraction of sp³-hybridized carbons (Fsp3) is 0.842. The van der Waals surface area contributed by atoms with E-state index in [0.717, 1.165) is 31.2 Å². The summed E-state index contributed by atoms with van der Waals surface area (Å²) in [5.74, 6) is 1.59. The lowest BCUT2D eigenvalue weighted by molar-refractivity contribution is -0.135. The molecule has 0 aromatic carbocycles. The van der Waals surface area contributed by atoms with Crippen molar-refractivity contribution in [1.29, 1.82) is 0 Å². The topological polar surface area (TPSA) is 37.3 Å². The second-order valence-corrected chi connectivity index (χ2v) is 14.7. The highest BCUT2D eigenvalue weighted by Gasteiger charge is 2.60. The molecule has 3 fully saturated rings. The average molecular weight is 321 g/mol. The van der Waals surface area contributed by atoms with Gasteiger partial charge in [-0.1, -0.05) is 25.7 Å². The van der Waals surface area contributed by atoms with Crippen molar-refractivity contribution in [2.24, 2.45) is 23.7 Å². The smallest absolute Gasteiger partial charge is 0.139 e. The van der Waals surface area contributed by atoms with Gasteiger partial charge in [-0.05, 0) is 61.8 Å². The first-order valence-electron chi connectivity index (χ1n) is 9.13. The summed E-state index contributed by atoms with van der Waals surface area (Å²) >= 11 is 0. The average Bonchev–Trinajstić information content (AvgIpc) is 3.07. The van der Waals surface area contributed by atoms with E-state index in [1.54, 1.807) is 0 Å². The number of hydrogen-bond donors (Lipinski definition) is 1. The van der Waals surface area contributed by atoms with Crippen molar-refractivity contribution in [3.05, 3.63) is 12.7 Å². The van der Waals surface area contributed by atoms with Gasteiger partial charge in [-0.3, -0.25) is 4.79 Å². The van der Waals surface area contributed by atoms with E-state index in [9.17, 15) is 9.90 Å². The number of allylic oxidation sites excluding steroid dienone is 1. The SMILES string of the molecule is C=CC[C@@H]1CCC(=O)[C@H]1[C@]1(O)CC[C@H]2C[C@H]([Si](C)(C)C)C[C@H]21. The molecule has 6 atom stereocenters. The highest BCUT2D eigenvalue weighted by atomic mass is 28.3. The summed E-state index contributed by atoms with van der Waals surface area (Å²) in [7, 11) is -1.15. The number of Topliss-reactive ketones (excluding diaryl/α,β-unsaturated/α-hetero) is 1. The van der Waals surface area contributed by atoms with Crippen molar-refractivity contribution in [3.63, 3.8) is 0 Å². The van der Waals surface area contributed by atoms with Crippen LogP contribution in [0.1, 0.15) is 44.9 Å². The molecule has 0 radical (unpaired) electrons. The first-order valence-corrected chi connectivity index (χ1v) is 12.7. The third kappa shape index (κ3) is 2.54. The molecule has 3 heteroatoms. The normalized spacial score (nSPS) is 45.3. The Bertz CT molecular complexity index is 467. The molecule has 0 spiro atoms. The van der Waals surface area contributed by atoms with Crippen LogP contribution >= 0.6 is 0 Å². The minimum absolute atomic E-state index is 0.110. The Morgan fingerprint density at radius 3 is 2.68 bits per heavy atom. The summed E-state index contributed by atoms with van der Waals surface area (Å²) in [5.41, 5.74) is 0.115. The Labute approximate surface area is 136 Å². The van der Waals surface area contributed by atoms with E-state index < -0.39 is 13.7 Å². The number of carbonyl (C=O) groups is 1. The van der Waals surface area contributed by atoms with Gasteiger partial charge in [0.15, 0.2) is 0 Å². The van der Waals surface area contributed by atoms with Gasteiger partial charge in [-0.25, -0.2) is 0 Å². The second-order valence-electron chi connectivity index (χ2n) is 9.20. The van der Waals surface area contributed by atoms with Crippen LogP contribution in [-0.4, -0.2) is 24.6 Å². The van der Waals surface area contributed by atoms with Crippen molar-refractivity contribution in [3.8, 4) is 0 Å². The minimum atomic E-state index is -1.15. The summed E-state index contributed by atoms with van der Waals surface area (Å²) in [6, 6.07) is 0. The first-order chi connectivity index (χ1) is 10.3. The molecular formula is C19H32O2Si. The van der Waals surface area contributed by atoms with Crippen molar-refractivity contribution < 1.29 is 9.90 Å². The molecule has 0 heterocycles. The van der Waals surface area contributed by atoms with E-state index in [1.807, 2.05) is 6.08 Å². The summed E-state index contributed by atoms with van der Waals surface area (Å²) in [6.45, 7) is 11.2. The summed E-state index contributed by atoms with van der Waals surface area (Å²) in [6.07, 6.45) is 8.89. The van der Waals surface area contributed by atoms with E-state index >= 15 is 0 Å². The van der Waals surface area contributed by atoms with Gasteiger partial charge in [0.05, 0.1) is 5.60 Å². The van der Waals surface area contributed by atoms with Crippen molar-refractivity contribution in [2.45, 2.75) is 75.7 Å². The molecule has 0 saturated heterocycles. The van der Waals surface area contributed by atoms with Crippen LogP contribution < -0.4 is 0 Å². The predicted molar refractivity (Wildman–Crippen MR) is 93.5 cm³/mol. The minimum Gasteiger partial charge on any atom is -0.389 e. The predicted octanol–water partition coefficient (Wildman–Crippen LogP) is 4.42. The lowest BCUT2D eigenvalue weighted by Crippen LogP contribution is -2.47. The molecule has 2 nitrogen and oxygen atoms in total. The Morgan fingerprint density at radius 1 is 1.32 bits per heavy atom. The van der Waals surface area contributed by atoms with Gasteiger partial charge in [0, 0.05) is 20.4 Å². The van der Waals surface area contributed by atoms with Crippen LogP contribution in [0.25, 0.3) is 0 Å². The molecule has 1 N–H and O–H groups in total. The van der Waals surface area contributed by atoms with Crippen LogP contribution in [0.5, 0.6) is 0 Å². The summed E-state index contributed by atoms with van der Waals surface area (Å²) in [5, 5.41) is 11.6. The lowest BCUT2D eigenvalue weighted by Gasteiger charge is -2.38. The number of fused-ring (bicyclic) bond motifs is 1. The fourth-order valence-corrected chi connectivity index (χ4v) is 7.79. The molecule has 0 aliphatic heterocycles. The maximum atomic E-state index is 12.5. The molecule has 0 aromatic heterocycles. The molecule has 0 bridgehead atoms. The van der Waals surface area contributed by atoms with Crippen molar-refractivity contribution >= 4 is 13.9 Å². The molecule has 0 unspecified atom stereocenters. The second kappa shape index (κ2) is 5.59. The third-order valence-corrected chi connectivity index (χ3v) is 9.99. The van der Waals surface area contributed by atoms with E-state index in [2.05, 4.69) is 26.2 Å². The summed E-state index contributed by atoms with van der Waals surface area (Å²) in [4.78, 5) is 12.5. The first kappa shape index (κ1) is 16.4. The zero-order valence-corrected chi connectivity index (χ0v) is 15.5. The van der Waals surface area contributed by atoms with Crippen molar-refractivity contribution in [2.75, 3.05) is 0 Å². The number of aliphatic hydroxyl groups is 1. The molecule has 0 amide bonds. The Hall–Kier alpha value is -0.413. The largest absolute Gasteiger partial charge is 0.389 e. The Kier molecular flexibility index (Phi) is 4.18. The number of hydrogen-bond acceptors (Lipinski definition) is 2. The molecule has 3 rings (SSSR count). The van der Waals surface area contributed by atoms with Crippen LogP contribution in [-0.2, 0) is 4.79 Å². The highest BCUT2D eigenvalue weighted by Crippen LogP contribution is 2.60. The molecule has 22 heavy (non-hydrogen) atoms. The molecular weight excluding hydrogens is 288 g/mol. The highest BCUT2D eigenvalue weighted by molar-refractivity contribution is 6.77. The van der Waals surface area contributed by atoms with Crippen LogP contribution in [0.4, 0.5) is 0 Å². The van der Waals surface area contributed by atoms with Crippen LogP contribution in [0.2, 0.25) is 25.2 Å². The lowest BCUT2D eigenvalue weighted by atomic mass is 9.71. The van der Waals surface area contributed by atoms with E-state index in [0.29, 0.717) is 30.0 Å². The number of carbonyl (C=O) groups excluding carboxylic acids is 1. The number of rotatable bonds is 4. The van der Waals surface area contributed by atoms with Gasteiger partial charge in [0.1, 0.15) is 5.78 Å². The van der Waals surface area contributed by atoms with Crippen LogP contribution in [0.3, 0.4) is 0 Å². The van der Waals surface area contributed by atoms with Gasteiger partial charge >= 0.3 is 0 Å². The zero-order valence-electron chi connectivity index (χ0n) is 14.5. The monoisotopic (exact) mass is 320 g/mol. The zero-order chi connectivity index (χ0) is 16.1. The maximum Gasteiger partial charge on any atom is 0.139 e. The van der Waals surface area contributed by atoms with Gasteiger partial charge in [-0.2, -0.15) is 0 Å². The molecule has 3 saturated carbocycles. The fourth-order valence-electron chi connectivity index (χ4n) is 5.82. The third-order valence-electron chi connectivity index (χ3n) is 7.06. The molecule has 3 aliphatic rings. The quantitative estimate of drug-likeness (QED) is 0.615. The molecule has 3 aliphatic carbocycles. The Balaban J connectivity index is 1.84. The number of ketones is 1. The summed E-state index contributed by atoms with van der Waals surface area (Å²) < 4.78 is 0. The van der Waals surface area contributed by atoms with Gasteiger partial charge in [0.25, 0.3) is 0 Å². The molecule has 124 valence electrons. The van der Waals surface area contributed by atoms with E-state index in [1.165, 1.54) is 12.8 Å². The van der Waals surface area contributed by atoms with Gasteiger partial charge in [0.2, 0.25) is 0 Å². The molecule has 0 aromatic rings. The standard InChI is InChI=1S/C19H32O2Si/c1-5-6-13-7-8-17(20)18(13)19(21)10-9-14-11-15(12-16(14)19)22(2,3)4/h5,13-16,18,21H,1,6-12H2,2-4H3/t13-,14+,15+,16-,18+,19+/m1/s1. The van der Waals surface area contributed by atoms with Gasteiger partial charge in [-0.15, -0.1) is 6.58 Å². The van der Waals surface area contributed by atoms with Gasteiger partial charge < -0.3 is 5.11 Å². The van der Waals surface area contributed by atoms with E-state index in [-0.39, 0.29) is 5.92 Å². The Morgan fingerprint density at radius 2 is 2.05 bits per heavy atom. The van der Waals surface area contributed by atoms with Crippen LogP contribution in [0.15, 0.2) is 12.7 Å². The van der Waals surface area contributed by atoms with E-state index in [4.69, 9.17) is 0 Å².